The van der Waals surface area contributed by atoms with Crippen molar-refractivity contribution in [2.45, 2.75) is 25.6 Å². The lowest BCUT2D eigenvalue weighted by atomic mass is 10.2. The van der Waals surface area contributed by atoms with Crippen LogP contribution in [0.2, 0.25) is 0 Å². The molecule has 1 unspecified atom stereocenters. The number of alkyl halides is 3. The maximum Gasteiger partial charge on any atom is 0.422 e. The van der Waals surface area contributed by atoms with Crippen LogP contribution in [0.15, 0.2) is 0 Å². The van der Waals surface area contributed by atoms with Gasteiger partial charge in [0.05, 0.1) is 13.2 Å². The first-order valence-electron chi connectivity index (χ1n) is 6.20. The Morgan fingerprint density at radius 1 is 1.45 bits per heavy atom. The molecule has 1 atom stereocenters. The second-order valence-corrected chi connectivity index (χ2v) is 4.24. The molecule has 6 nitrogen and oxygen atoms in total. The van der Waals surface area contributed by atoms with Crippen LogP contribution in [0, 0.1) is 0 Å². The average Bonchev–Trinajstić information content (AvgIpc) is 2.41. The quantitative estimate of drug-likeness (QED) is 0.838. The Labute approximate surface area is 114 Å². The number of ether oxygens (including phenoxy) is 2. The average molecular weight is 298 g/mol. The normalized spacial score (nSPS) is 19.6. The fourth-order valence-corrected chi connectivity index (χ4v) is 1.63. The third-order valence-corrected chi connectivity index (χ3v) is 2.57. The molecule has 0 aromatic rings. The molecule has 1 heterocycles. The largest absolute Gasteiger partial charge is 0.440 e. The number of carbonyl (C=O) groups excluding carboxylic acids is 2. The summed E-state index contributed by atoms with van der Waals surface area (Å²) in [7, 11) is 0. The Bertz CT molecular complexity index is 349. The van der Waals surface area contributed by atoms with E-state index in [0.717, 1.165) is 4.90 Å². The van der Waals surface area contributed by atoms with Gasteiger partial charge in [-0.2, -0.15) is 13.2 Å². The van der Waals surface area contributed by atoms with Gasteiger partial charge in [-0.3, -0.25) is 9.69 Å². The van der Waals surface area contributed by atoms with Crippen molar-refractivity contribution in [1.82, 2.24) is 10.2 Å². The molecule has 0 aromatic carbocycles. The van der Waals surface area contributed by atoms with Crippen LogP contribution in [-0.4, -0.2) is 62.0 Å². The van der Waals surface area contributed by atoms with Crippen LogP contribution < -0.4 is 5.32 Å². The summed E-state index contributed by atoms with van der Waals surface area (Å²) in [6.07, 6.45) is -5.05. The summed E-state index contributed by atoms with van der Waals surface area (Å²) in [6.45, 7) is 0.705. The van der Waals surface area contributed by atoms with Crippen molar-refractivity contribution in [1.29, 1.82) is 0 Å². The first-order chi connectivity index (χ1) is 9.35. The minimum absolute atomic E-state index is 0.0148. The monoisotopic (exact) mass is 298 g/mol. The smallest absolute Gasteiger partial charge is 0.422 e. The number of morpholine rings is 1. The van der Waals surface area contributed by atoms with Gasteiger partial charge >= 0.3 is 12.3 Å². The molecule has 1 rings (SSSR count). The van der Waals surface area contributed by atoms with Crippen LogP contribution in [0.1, 0.15) is 13.3 Å². The first kappa shape index (κ1) is 16.5. The van der Waals surface area contributed by atoms with Crippen molar-refractivity contribution < 1.29 is 32.2 Å². The van der Waals surface area contributed by atoms with Crippen LogP contribution in [0.3, 0.4) is 0 Å². The highest BCUT2D eigenvalue weighted by atomic mass is 19.4. The summed E-state index contributed by atoms with van der Waals surface area (Å²) in [5.41, 5.74) is 0. The van der Waals surface area contributed by atoms with Gasteiger partial charge in [-0.15, -0.1) is 0 Å². The fourth-order valence-electron chi connectivity index (χ4n) is 1.63. The molecule has 2 amide bonds. The van der Waals surface area contributed by atoms with Crippen molar-refractivity contribution in [3.63, 3.8) is 0 Å². The van der Waals surface area contributed by atoms with Crippen LogP contribution in [0.4, 0.5) is 18.0 Å². The lowest BCUT2D eigenvalue weighted by Gasteiger charge is -2.33. The van der Waals surface area contributed by atoms with E-state index >= 15 is 0 Å². The molecule has 0 bridgehead atoms. The molecule has 0 aliphatic carbocycles. The van der Waals surface area contributed by atoms with Gasteiger partial charge < -0.3 is 14.8 Å². The van der Waals surface area contributed by atoms with Crippen LogP contribution >= 0.6 is 0 Å². The van der Waals surface area contributed by atoms with Crippen LogP contribution in [-0.2, 0) is 14.3 Å². The van der Waals surface area contributed by atoms with Gasteiger partial charge in [0.25, 0.3) is 0 Å². The molecule has 1 aliphatic rings. The summed E-state index contributed by atoms with van der Waals surface area (Å²) in [4.78, 5) is 24.4. The van der Waals surface area contributed by atoms with Crippen molar-refractivity contribution in [2.24, 2.45) is 0 Å². The minimum Gasteiger partial charge on any atom is -0.440 e. The Kier molecular flexibility index (Phi) is 6.05. The van der Waals surface area contributed by atoms with Gasteiger partial charge in [-0.05, 0) is 6.42 Å². The zero-order valence-corrected chi connectivity index (χ0v) is 11.0. The molecule has 20 heavy (non-hydrogen) atoms. The van der Waals surface area contributed by atoms with Crippen molar-refractivity contribution in [3.05, 3.63) is 0 Å². The number of rotatable bonds is 4. The van der Waals surface area contributed by atoms with E-state index in [4.69, 9.17) is 4.74 Å². The summed E-state index contributed by atoms with van der Waals surface area (Å²) in [5.74, 6) is -0.462. The molecule has 0 radical (unpaired) electrons. The molecule has 1 N–H and O–H groups in total. The summed E-state index contributed by atoms with van der Waals surface area (Å²) in [5, 5.41) is 2.57. The lowest BCUT2D eigenvalue weighted by molar-refractivity contribution is -0.164. The van der Waals surface area contributed by atoms with Crippen molar-refractivity contribution >= 4 is 12.0 Å². The predicted octanol–water partition coefficient (Wildman–Crippen LogP) is 0.912. The van der Waals surface area contributed by atoms with E-state index in [0.29, 0.717) is 13.0 Å². The van der Waals surface area contributed by atoms with Crippen LogP contribution in [0.5, 0.6) is 0 Å². The van der Waals surface area contributed by atoms with Gasteiger partial charge in [-0.25, -0.2) is 4.79 Å². The SMILES string of the molecule is CCCNC(=O)C1COCCN1C(=O)OCC(F)(F)F. The molecular formula is C11H17F3N2O4. The van der Waals surface area contributed by atoms with E-state index in [2.05, 4.69) is 10.1 Å². The maximum atomic E-state index is 12.0. The fraction of sp³-hybridized carbons (Fsp3) is 0.818. The van der Waals surface area contributed by atoms with Crippen molar-refractivity contribution in [2.75, 3.05) is 32.9 Å². The zero-order chi connectivity index (χ0) is 15.2. The number of nitrogens with zero attached hydrogens (tertiary/aromatic N) is 1. The Hall–Kier alpha value is -1.51. The third-order valence-electron chi connectivity index (χ3n) is 2.57. The number of carbonyl (C=O) groups is 2. The van der Waals surface area contributed by atoms with E-state index in [1.165, 1.54) is 0 Å². The van der Waals surface area contributed by atoms with Gasteiger partial charge in [0.15, 0.2) is 6.61 Å². The second kappa shape index (κ2) is 7.32. The number of hydrogen-bond donors (Lipinski definition) is 1. The molecule has 1 aliphatic heterocycles. The first-order valence-corrected chi connectivity index (χ1v) is 6.20. The zero-order valence-electron chi connectivity index (χ0n) is 11.0. The van der Waals surface area contributed by atoms with Crippen LogP contribution in [0.25, 0.3) is 0 Å². The van der Waals surface area contributed by atoms with E-state index < -0.39 is 30.8 Å². The van der Waals surface area contributed by atoms with E-state index in [9.17, 15) is 22.8 Å². The van der Waals surface area contributed by atoms with Gasteiger partial charge in [0, 0.05) is 13.1 Å². The van der Waals surface area contributed by atoms with E-state index in [1.807, 2.05) is 6.92 Å². The molecule has 116 valence electrons. The Morgan fingerprint density at radius 2 is 2.15 bits per heavy atom. The molecule has 9 heteroatoms. The Balaban J connectivity index is 2.59. The molecule has 0 saturated carbocycles. The van der Waals surface area contributed by atoms with E-state index in [-0.39, 0.29) is 19.8 Å². The molecule has 0 aromatic heterocycles. The minimum atomic E-state index is -4.60. The summed E-state index contributed by atoms with van der Waals surface area (Å²) >= 11 is 0. The Morgan fingerprint density at radius 3 is 2.75 bits per heavy atom. The van der Waals surface area contributed by atoms with E-state index in [1.54, 1.807) is 0 Å². The topological polar surface area (TPSA) is 67.9 Å². The summed E-state index contributed by atoms with van der Waals surface area (Å²) in [6, 6.07) is -0.962. The highest BCUT2D eigenvalue weighted by Gasteiger charge is 2.36. The lowest BCUT2D eigenvalue weighted by Crippen LogP contribution is -2.56. The van der Waals surface area contributed by atoms with Gasteiger partial charge in [0.2, 0.25) is 5.91 Å². The van der Waals surface area contributed by atoms with Gasteiger partial charge in [0.1, 0.15) is 6.04 Å². The molecule has 1 fully saturated rings. The molecule has 0 spiro atoms. The highest BCUT2D eigenvalue weighted by Crippen LogP contribution is 2.16. The maximum absolute atomic E-state index is 12.0. The third kappa shape index (κ3) is 5.24. The second-order valence-electron chi connectivity index (χ2n) is 4.24. The molecule has 1 saturated heterocycles. The highest BCUT2D eigenvalue weighted by molar-refractivity contribution is 5.86. The number of nitrogens with one attached hydrogen (secondary N) is 1. The standard InChI is InChI=1S/C11H17F3N2O4/c1-2-3-15-9(17)8-6-19-5-4-16(8)10(18)20-7-11(12,13)14/h8H,2-7H2,1H3,(H,15,17). The number of hydrogen-bond acceptors (Lipinski definition) is 4. The molecular weight excluding hydrogens is 281 g/mol. The van der Waals surface area contributed by atoms with Gasteiger partial charge in [-0.1, -0.05) is 6.92 Å². The summed E-state index contributed by atoms with van der Waals surface area (Å²) < 4.78 is 45.3. The number of amides is 2. The number of halogens is 3. The van der Waals surface area contributed by atoms with Crippen molar-refractivity contribution in [3.8, 4) is 0 Å². The predicted molar refractivity (Wildman–Crippen MR) is 62.0 cm³/mol.